The molecule has 1 aliphatic carbocycles. The zero-order valence-electron chi connectivity index (χ0n) is 17.4. The van der Waals surface area contributed by atoms with Gasteiger partial charge in [-0.25, -0.2) is 0 Å². The monoisotopic (exact) mass is 368 g/mol. The number of likely N-dealkylation sites (N-methyl/N-ethyl adjacent to an activating group) is 1. The molecule has 0 spiro atoms. The van der Waals surface area contributed by atoms with Gasteiger partial charge < -0.3 is 25.0 Å². The van der Waals surface area contributed by atoms with Gasteiger partial charge in [0, 0.05) is 52.1 Å². The van der Waals surface area contributed by atoms with E-state index < -0.39 is 0 Å². The molecule has 1 saturated carbocycles. The summed E-state index contributed by atoms with van der Waals surface area (Å²) in [6.45, 7) is 7.33. The van der Waals surface area contributed by atoms with E-state index in [-0.39, 0.29) is 5.54 Å². The van der Waals surface area contributed by atoms with Crippen LogP contribution >= 0.6 is 0 Å². The molecule has 0 amide bonds. The molecule has 2 N–H and O–H groups in total. The number of nitrogens with zero attached hydrogens (tertiary/aromatic N) is 2. The van der Waals surface area contributed by atoms with Gasteiger partial charge in [-0.15, -0.1) is 0 Å². The van der Waals surface area contributed by atoms with Gasteiger partial charge in [0.1, 0.15) is 0 Å². The third kappa shape index (κ3) is 5.83. The molecule has 152 valence electrons. The molecule has 2 rings (SSSR count). The van der Waals surface area contributed by atoms with Gasteiger partial charge in [0.05, 0.1) is 0 Å². The van der Waals surface area contributed by atoms with Crippen LogP contribution in [0.25, 0.3) is 0 Å². The minimum atomic E-state index is 0.148. The van der Waals surface area contributed by atoms with Gasteiger partial charge in [-0.2, -0.15) is 0 Å². The number of hydrogen-bond donors (Lipinski definition) is 2. The molecule has 0 aromatic carbocycles. The van der Waals surface area contributed by atoms with Crippen LogP contribution in [0.4, 0.5) is 0 Å². The van der Waals surface area contributed by atoms with E-state index in [1.807, 2.05) is 0 Å². The van der Waals surface area contributed by atoms with E-state index in [4.69, 9.17) is 14.5 Å². The maximum Gasteiger partial charge on any atom is 0.191 e. The molecule has 0 atom stereocenters. The highest BCUT2D eigenvalue weighted by Crippen LogP contribution is 2.41. The summed E-state index contributed by atoms with van der Waals surface area (Å²) in [6, 6.07) is 0. The zero-order valence-corrected chi connectivity index (χ0v) is 17.4. The van der Waals surface area contributed by atoms with Crippen molar-refractivity contribution in [1.29, 1.82) is 0 Å². The van der Waals surface area contributed by atoms with Crippen molar-refractivity contribution in [2.24, 2.45) is 10.4 Å². The Kier molecular flexibility index (Phi) is 8.64. The summed E-state index contributed by atoms with van der Waals surface area (Å²) < 4.78 is 10.9. The predicted octanol–water partition coefficient (Wildman–Crippen LogP) is 2.25. The van der Waals surface area contributed by atoms with Gasteiger partial charge in [0.2, 0.25) is 0 Å². The van der Waals surface area contributed by atoms with Crippen LogP contribution in [-0.4, -0.2) is 77.1 Å². The number of methoxy groups -OCH3 is 1. The number of guanidine groups is 1. The molecule has 26 heavy (non-hydrogen) atoms. The first-order valence-corrected chi connectivity index (χ1v) is 10.3. The van der Waals surface area contributed by atoms with Crippen LogP contribution in [0, 0.1) is 5.41 Å². The molecular weight excluding hydrogens is 328 g/mol. The lowest BCUT2D eigenvalue weighted by molar-refractivity contribution is -0.00502. The third-order valence-electron chi connectivity index (χ3n) is 6.37. The molecular formula is C20H40N4O2. The Balaban J connectivity index is 1.98. The Hall–Kier alpha value is -0.850. The Labute approximate surface area is 160 Å². The highest BCUT2D eigenvalue weighted by atomic mass is 16.5. The van der Waals surface area contributed by atoms with Gasteiger partial charge in [-0.05, 0) is 58.5 Å². The van der Waals surface area contributed by atoms with Crippen molar-refractivity contribution in [1.82, 2.24) is 15.5 Å². The van der Waals surface area contributed by atoms with Crippen LogP contribution < -0.4 is 10.6 Å². The quantitative estimate of drug-likeness (QED) is 0.483. The number of nitrogens with one attached hydrogen (secondary N) is 2. The molecule has 1 saturated heterocycles. The first-order valence-electron chi connectivity index (χ1n) is 10.3. The lowest BCUT2D eigenvalue weighted by atomic mass is 9.83. The lowest BCUT2D eigenvalue weighted by Crippen LogP contribution is -2.57. The van der Waals surface area contributed by atoms with Crippen molar-refractivity contribution in [3.8, 4) is 0 Å². The van der Waals surface area contributed by atoms with E-state index in [0.29, 0.717) is 5.41 Å². The van der Waals surface area contributed by atoms with E-state index in [1.165, 1.54) is 25.7 Å². The second kappa shape index (κ2) is 10.5. The summed E-state index contributed by atoms with van der Waals surface area (Å²) in [6.07, 6.45) is 8.44. The van der Waals surface area contributed by atoms with Crippen molar-refractivity contribution in [2.75, 3.05) is 60.7 Å². The van der Waals surface area contributed by atoms with Gasteiger partial charge >= 0.3 is 0 Å². The average molecular weight is 369 g/mol. The average Bonchev–Trinajstić information content (AvgIpc) is 3.12. The summed E-state index contributed by atoms with van der Waals surface area (Å²) in [5.41, 5.74) is 0.478. The van der Waals surface area contributed by atoms with Crippen LogP contribution in [0.2, 0.25) is 0 Å². The second-order valence-electron chi connectivity index (χ2n) is 8.23. The standard InChI is InChI=1S/C20H40N4O2/c1-5-21-18(22-16-19(10-13-25-4)8-6-7-9-19)23-17-20(24(2)3)11-14-26-15-12-20/h5-17H2,1-4H3,(H2,21,22,23). The summed E-state index contributed by atoms with van der Waals surface area (Å²) in [4.78, 5) is 7.33. The van der Waals surface area contributed by atoms with Crippen LogP contribution in [0.15, 0.2) is 4.99 Å². The van der Waals surface area contributed by atoms with Crippen molar-refractivity contribution in [3.63, 3.8) is 0 Å². The Morgan fingerprint density at radius 2 is 1.81 bits per heavy atom. The van der Waals surface area contributed by atoms with Crippen LogP contribution in [0.1, 0.15) is 51.9 Å². The Morgan fingerprint density at radius 3 is 2.38 bits per heavy atom. The van der Waals surface area contributed by atoms with E-state index in [9.17, 15) is 0 Å². The van der Waals surface area contributed by atoms with E-state index in [2.05, 4.69) is 36.6 Å². The van der Waals surface area contributed by atoms with Gasteiger partial charge in [0.25, 0.3) is 0 Å². The second-order valence-corrected chi connectivity index (χ2v) is 8.23. The fourth-order valence-electron chi connectivity index (χ4n) is 4.30. The largest absolute Gasteiger partial charge is 0.385 e. The van der Waals surface area contributed by atoms with Gasteiger partial charge in [-0.3, -0.25) is 4.99 Å². The molecule has 0 aromatic rings. The van der Waals surface area contributed by atoms with E-state index >= 15 is 0 Å². The fraction of sp³-hybridized carbons (Fsp3) is 0.950. The molecule has 1 heterocycles. The summed E-state index contributed by atoms with van der Waals surface area (Å²) >= 11 is 0. The summed E-state index contributed by atoms with van der Waals surface area (Å²) in [5, 5.41) is 7.05. The van der Waals surface area contributed by atoms with Gasteiger partial charge in [0.15, 0.2) is 5.96 Å². The van der Waals surface area contributed by atoms with Crippen LogP contribution in [0.5, 0.6) is 0 Å². The summed E-state index contributed by atoms with van der Waals surface area (Å²) in [7, 11) is 6.15. The van der Waals surface area contributed by atoms with Crippen molar-refractivity contribution in [3.05, 3.63) is 0 Å². The molecule has 6 heteroatoms. The summed E-state index contributed by atoms with van der Waals surface area (Å²) in [5.74, 6) is 0.948. The molecule has 6 nitrogen and oxygen atoms in total. The van der Waals surface area contributed by atoms with Crippen molar-refractivity contribution >= 4 is 5.96 Å². The molecule has 0 radical (unpaired) electrons. The molecule has 2 fully saturated rings. The number of ether oxygens (including phenoxy) is 2. The van der Waals surface area contributed by atoms with Crippen LogP contribution in [-0.2, 0) is 9.47 Å². The lowest BCUT2D eigenvalue weighted by Gasteiger charge is -2.43. The minimum Gasteiger partial charge on any atom is -0.385 e. The normalized spacial score (nSPS) is 22.6. The minimum absolute atomic E-state index is 0.148. The van der Waals surface area contributed by atoms with Crippen molar-refractivity contribution in [2.45, 2.75) is 57.4 Å². The maximum atomic E-state index is 5.58. The van der Waals surface area contributed by atoms with Crippen LogP contribution in [0.3, 0.4) is 0 Å². The highest BCUT2D eigenvalue weighted by Gasteiger charge is 2.35. The van der Waals surface area contributed by atoms with Crippen molar-refractivity contribution < 1.29 is 9.47 Å². The number of hydrogen-bond acceptors (Lipinski definition) is 4. The molecule has 2 aliphatic rings. The third-order valence-corrected chi connectivity index (χ3v) is 6.37. The first-order chi connectivity index (χ1) is 12.6. The Morgan fingerprint density at radius 1 is 1.12 bits per heavy atom. The Bertz CT molecular complexity index is 428. The number of rotatable bonds is 9. The topological polar surface area (TPSA) is 58.1 Å². The van der Waals surface area contributed by atoms with E-state index in [0.717, 1.165) is 64.7 Å². The molecule has 0 bridgehead atoms. The first kappa shape index (κ1) is 21.5. The highest BCUT2D eigenvalue weighted by molar-refractivity contribution is 5.79. The predicted molar refractivity (Wildman–Crippen MR) is 108 cm³/mol. The van der Waals surface area contributed by atoms with E-state index in [1.54, 1.807) is 7.11 Å². The zero-order chi connectivity index (χ0) is 18.9. The fourth-order valence-corrected chi connectivity index (χ4v) is 4.30. The smallest absolute Gasteiger partial charge is 0.191 e. The molecule has 0 unspecified atom stereocenters. The molecule has 0 aromatic heterocycles. The van der Waals surface area contributed by atoms with Gasteiger partial charge in [-0.1, -0.05) is 12.8 Å². The SMILES string of the molecule is CCNC(=NCC1(CCOC)CCCC1)NCC1(N(C)C)CCOCC1. The number of aliphatic imine (C=N–C) groups is 1. The maximum absolute atomic E-state index is 5.58. The molecule has 1 aliphatic heterocycles.